The van der Waals surface area contributed by atoms with Crippen molar-refractivity contribution in [3.8, 4) is 11.4 Å². The lowest BCUT2D eigenvalue weighted by Gasteiger charge is -2.35. The first-order valence-electron chi connectivity index (χ1n) is 12.2. The van der Waals surface area contributed by atoms with E-state index in [9.17, 15) is 18.0 Å². The SMILES string of the molecule is CCc1ncc(-c2nc3ccc(N4CCO[C@@H](C(F)(F)F)C4)cn3n2)c2cc(NC(=O)C3CC3)ncc12. The summed E-state index contributed by atoms with van der Waals surface area (Å²) in [4.78, 5) is 27.5. The lowest BCUT2D eigenvalue weighted by Crippen LogP contribution is -2.49. The van der Waals surface area contributed by atoms with Gasteiger partial charge in [0.1, 0.15) is 5.82 Å². The van der Waals surface area contributed by atoms with Crippen molar-refractivity contribution in [2.24, 2.45) is 5.92 Å². The number of aromatic nitrogens is 5. The minimum atomic E-state index is -4.42. The third kappa shape index (κ3) is 4.57. The van der Waals surface area contributed by atoms with Gasteiger partial charge in [0.05, 0.1) is 25.0 Å². The molecule has 0 radical (unpaired) electrons. The van der Waals surface area contributed by atoms with E-state index in [0.717, 1.165) is 29.3 Å². The fourth-order valence-corrected chi connectivity index (χ4v) is 4.55. The second-order valence-corrected chi connectivity index (χ2v) is 9.32. The lowest BCUT2D eigenvalue weighted by molar-refractivity contribution is -0.221. The van der Waals surface area contributed by atoms with Gasteiger partial charge in [0.25, 0.3) is 0 Å². The Bertz CT molecular complexity index is 1500. The van der Waals surface area contributed by atoms with Gasteiger partial charge in [0, 0.05) is 46.9 Å². The number of fused-ring (bicyclic) bond motifs is 2. The molecule has 6 rings (SSSR count). The molecule has 1 aliphatic carbocycles. The van der Waals surface area contributed by atoms with E-state index in [-0.39, 0.29) is 25.0 Å². The molecule has 5 heterocycles. The number of anilines is 2. The number of rotatable bonds is 5. The molecule has 0 bridgehead atoms. The van der Waals surface area contributed by atoms with Crippen molar-refractivity contribution in [1.82, 2.24) is 24.6 Å². The predicted octanol–water partition coefficient (Wildman–Crippen LogP) is 4.02. The summed E-state index contributed by atoms with van der Waals surface area (Å²) in [5.74, 6) is 0.884. The summed E-state index contributed by atoms with van der Waals surface area (Å²) in [5.41, 5.74) is 2.68. The molecule has 1 saturated carbocycles. The number of nitrogens with one attached hydrogen (secondary N) is 1. The fourth-order valence-electron chi connectivity index (χ4n) is 4.55. The molecule has 192 valence electrons. The Morgan fingerprint density at radius 1 is 1.19 bits per heavy atom. The fraction of sp³-hybridized carbons (Fsp3) is 0.400. The molecular weight excluding hydrogens is 487 g/mol. The van der Waals surface area contributed by atoms with Crippen molar-refractivity contribution < 1.29 is 22.7 Å². The van der Waals surface area contributed by atoms with Crippen LogP contribution in [-0.4, -0.2) is 62.4 Å². The average molecular weight is 512 g/mol. The monoisotopic (exact) mass is 511 g/mol. The van der Waals surface area contributed by atoms with Gasteiger partial charge in [-0.1, -0.05) is 6.92 Å². The quantitative estimate of drug-likeness (QED) is 0.432. The summed E-state index contributed by atoms with van der Waals surface area (Å²) < 4.78 is 46.0. The predicted molar refractivity (Wildman–Crippen MR) is 130 cm³/mol. The second-order valence-electron chi connectivity index (χ2n) is 9.32. The van der Waals surface area contributed by atoms with Crippen LogP contribution in [0.1, 0.15) is 25.5 Å². The zero-order chi connectivity index (χ0) is 25.7. The van der Waals surface area contributed by atoms with Crippen LogP contribution in [0.4, 0.5) is 24.7 Å². The number of halogens is 3. The molecular formula is C25H24F3N7O2. The van der Waals surface area contributed by atoms with Crippen LogP contribution in [0.5, 0.6) is 0 Å². The second kappa shape index (κ2) is 8.94. The summed E-state index contributed by atoms with van der Waals surface area (Å²) in [5, 5.41) is 9.16. The number of carbonyl (C=O) groups excluding carboxylic acids is 1. The van der Waals surface area contributed by atoms with Gasteiger partial charge in [-0.3, -0.25) is 9.78 Å². The van der Waals surface area contributed by atoms with Crippen molar-refractivity contribution in [3.05, 3.63) is 42.5 Å². The third-order valence-electron chi connectivity index (χ3n) is 6.74. The van der Waals surface area contributed by atoms with Crippen LogP contribution in [0.2, 0.25) is 0 Å². The highest BCUT2D eigenvalue weighted by Gasteiger charge is 2.43. The van der Waals surface area contributed by atoms with E-state index < -0.39 is 12.3 Å². The Labute approximate surface area is 209 Å². The van der Waals surface area contributed by atoms with Gasteiger partial charge < -0.3 is 15.0 Å². The largest absolute Gasteiger partial charge is 0.416 e. The summed E-state index contributed by atoms with van der Waals surface area (Å²) >= 11 is 0. The smallest absolute Gasteiger partial charge is 0.365 e. The molecule has 1 aliphatic heterocycles. The van der Waals surface area contributed by atoms with Crippen molar-refractivity contribution in [1.29, 1.82) is 0 Å². The first-order chi connectivity index (χ1) is 17.8. The van der Waals surface area contributed by atoms with Crippen LogP contribution in [0.3, 0.4) is 0 Å². The number of hydrogen-bond acceptors (Lipinski definition) is 7. The summed E-state index contributed by atoms with van der Waals surface area (Å²) in [6.07, 6.45) is 1.31. The van der Waals surface area contributed by atoms with E-state index in [1.54, 1.807) is 40.1 Å². The number of amides is 1. The number of alkyl halides is 3. The molecule has 37 heavy (non-hydrogen) atoms. The molecule has 1 atom stereocenters. The zero-order valence-corrected chi connectivity index (χ0v) is 20.0. The van der Waals surface area contributed by atoms with Crippen LogP contribution in [0, 0.1) is 5.92 Å². The molecule has 0 spiro atoms. The number of aryl methyl sites for hydroxylation is 1. The van der Waals surface area contributed by atoms with Gasteiger partial charge in [-0.25, -0.2) is 14.5 Å². The highest BCUT2D eigenvalue weighted by molar-refractivity contribution is 6.00. The number of morpholine rings is 1. The molecule has 0 unspecified atom stereocenters. The summed E-state index contributed by atoms with van der Waals surface area (Å²) in [6.45, 7) is 2.05. The molecule has 2 aliphatic rings. The van der Waals surface area contributed by atoms with Crippen molar-refractivity contribution in [3.63, 3.8) is 0 Å². The normalized spacial score (nSPS) is 18.5. The third-order valence-corrected chi connectivity index (χ3v) is 6.74. The maximum atomic E-state index is 13.2. The molecule has 1 saturated heterocycles. The highest BCUT2D eigenvalue weighted by Crippen LogP contribution is 2.33. The van der Waals surface area contributed by atoms with E-state index >= 15 is 0 Å². The zero-order valence-electron chi connectivity index (χ0n) is 20.0. The first kappa shape index (κ1) is 23.6. The Morgan fingerprint density at radius 2 is 2.03 bits per heavy atom. The van der Waals surface area contributed by atoms with Gasteiger partial charge in [0.2, 0.25) is 5.91 Å². The van der Waals surface area contributed by atoms with Gasteiger partial charge in [-0.05, 0) is 37.5 Å². The van der Waals surface area contributed by atoms with Crippen LogP contribution in [0.25, 0.3) is 27.8 Å². The maximum Gasteiger partial charge on any atom is 0.416 e. The van der Waals surface area contributed by atoms with E-state index in [1.807, 2.05) is 13.0 Å². The Morgan fingerprint density at radius 3 is 2.78 bits per heavy atom. The minimum absolute atomic E-state index is 0.0140. The van der Waals surface area contributed by atoms with Crippen LogP contribution in [-0.2, 0) is 16.0 Å². The van der Waals surface area contributed by atoms with Crippen molar-refractivity contribution in [2.75, 3.05) is 29.9 Å². The van der Waals surface area contributed by atoms with Gasteiger partial charge in [-0.2, -0.15) is 13.2 Å². The first-order valence-corrected chi connectivity index (χ1v) is 12.2. The van der Waals surface area contributed by atoms with Gasteiger partial charge in [0.15, 0.2) is 17.6 Å². The molecule has 4 aromatic heterocycles. The van der Waals surface area contributed by atoms with E-state index in [0.29, 0.717) is 41.5 Å². The van der Waals surface area contributed by atoms with Gasteiger partial charge in [-0.15, -0.1) is 5.10 Å². The molecule has 2 fully saturated rings. The number of carbonyl (C=O) groups is 1. The van der Waals surface area contributed by atoms with Gasteiger partial charge >= 0.3 is 6.18 Å². The molecule has 0 aromatic carbocycles. The highest BCUT2D eigenvalue weighted by atomic mass is 19.4. The number of hydrogen-bond donors (Lipinski definition) is 1. The molecule has 1 amide bonds. The minimum Gasteiger partial charge on any atom is -0.365 e. The van der Waals surface area contributed by atoms with E-state index in [2.05, 4.69) is 25.4 Å². The molecule has 1 N–H and O–H groups in total. The average Bonchev–Trinajstić information content (AvgIpc) is 3.66. The summed E-state index contributed by atoms with van der Waals surface area (Å²) in [7, 11) is 0. The number of pyridine rings is 3. The van der Waals surface area contributed by atoms with Crippen LogP contribution in [0.15, 0.2) is 36.8 Å². The Kier molecular flexibility index (Phi) is 5.70. The van der Waals surface area contributed by atoms with Crippen LogP contribution >= 0.6 is 0 Å². The molecule has 12 heteroatoms. The van der Waals surface area contributed by atoms with Crippen molar-refractivity contribution >= 4 is 33.8 Å². The Hall–Kier alpha value is -3.80. The van der Waals surface area contributed by atoms with E-state index in [1.165, 1.54) is 0 Å². The Balaban J connectivity index is 1.36. The summed E-state index contributed by atoms with van der Waals surface area (Å²) in [6, 6.07) is 5.27. The topological polar surface area (TPSA) is 97.5 Å². The maximum absolute atomic E-state index is 13.2. The molecule has 9 nitrogen and oxygen atoms in total. The molecule has 4 aromatic rings. The standard InChI is InChI=1S/C25H24F3N7O2/c1-2-19-17-10-30-21(31-24(36)14-3-4-14)9-16(17)18(11-29-19)23-32-22-6-5-15(12-35(22)33-23)34-7-8-37-20(13-34)25(26,27)28/h5-6,9-12,14,20H,2-4,7-8,13H2,1H3,(H,30,31,36)/t20-/m1/s1. The van der Waals surface area contributed by atoms with E-state index in [4.69, 9.17) is 4.74 Å². The van der Waals surface area contributed by atoms with Crippen molar-refractivity contribution in [2.45, 2.75) is 38.5 Å². The number of ether oxygens (including phenoxy) is 1. The number of nitrogens with zero attached hydrogens (tertiary/aromatic N) is 6. The van der Waals surface area contributed by atoms with Crippen LogP contribution < -0.4 is 10.2 Å². The lowest BCUT2D eigenvalue weighted by atomic mass is 10.1.